The average Bonchev–Trinajstić information content (AvgIpc) is 2.88. The van der Waals surface area contributed by atoms with E-state index in [1.165, 1.54) is 31.5 Å². The van der Waals surface area contributed by atoms with Crippen molar-refractivity contribution in [2.45, 2.75) is 59.0 Å². The summed E-state index contributed by atoms with van der Waals surface area (Å²) in [6.07, 6.45) is 9.47. The largest absolute Gasteiger partial charge is 0.334 e. The van der Waals surface area contributed by atoms with Crippen LogP contribution >= 0.6 is 0 Å². The third-order valence-corrected chi connectivity index (χ3v) is 4.91. The van der Waals surface area contributed by atoms with Gasteiger partial charge in [-0.2, -0.15) is 0 Å². The van der Waals surface area contributed by atoms with Gasteiger partial charge in [0.05, 0.1) is 6.04 Å². The lowest BCUT2D eigenvalue weighted by Gasteiger charge is -2.35. The number of aromatic nitrogens is 2. The number of aryl methyl sites for hydroxylation is 1. The van der Waals surface area contributed by atoms with Crippen LogP contribution in [0.1, 0.15) is 58.3 Å². The van der Waals surface area contributed by atoms with Gasteiger partial charge in [0.1, 0.15) is 5.82 Å². The minimum Gasteiger partial charge on any atom is -0.334 e. The fourth-order valence-electron chi connectivity index (χ4n) is 3.59. The molecule has 1 aromatic rings. The van der Waals surface area contributed by atoms with E-state index in [0.717, 1.165) is 24.3 Å². The van der Waals surface area contributed by atoms with Crippen molar-refractivity contribution in [2.75, 3.05) is 7.05 Å². The first-order chi connectivity index (χ1) is 9.17. The smallest absolute Gasteiger partial charge is 0.126 e. The maximum Gasteiger partial charge on any atom is 0.126 e. The van der Waals surface area contributed by atoms with Crippen molar-refractivity contribution < 1.29 is 0 Å². The van der Waals surface area contributed by atoms with E-state index in [4.69, 9.17) is 0 Å². The number of nitrogens with zero attached hydrogens (tertiary/aromatic N) is 2. The van der Waals surface area contributed by atoms with Gasteiger partial charge in [-0.1, -0.05) is 13.8 Å². The zero-order valence-electron chi connectivity index (χ0n) is 12.9. The van der Waals surface area contributed by atoms with E-state index in [2.05, 4.69) is 48.9 Å². The van der Waals surface area contributed by atoms with Crippen LogP contribution in [0.2, 0.25) is 0 Å². The Bertz CT molecular complexity index is 375. The predicted molar refractivity (Wildman–Crippen MR) is 80.0 cm³/mol. The molecule has 0 spiro atoms. The van der Waals surface area contributed by atoms with Gasteiger partial charge in [0.2, 0.25) is 0 Å². The molecule has 2 rings (SSSR count). The molecule has 1 aliphatic carbocycles. The van der Waals surface area contributed by atoms with Gasteiger partial charge in [-0.3, -0.25) is 0 Å². The van der Waals surface area contributed by atoms with Crippen molar-refractivity contribution in [1.82, 2.24) is 14.9 Å². The lowest BCUT2D eigenvalue weighted by molar-refractivity contribution is 0.187. The molecule has 1 saturated carbocycles. The summed E-state index contributed by atoms with van der Waals surface area (Å²) in [6.45, 7) is 7.93. The Labute approximate surface area is 117 Å². The summed E-state index contributed by atoms with van der Waals surface area (Å²) in [5.74, 6) is 3.73. The van der Waals surface area contributed by atoms with Gasteiger partial charge in [0, 0.05) is 18.9 Å². The highest BCUT2D eigenvalue weighted by Crippen LogP contribution is 2.38. The minimum absolute atomic E-state index is 0.420. The van der Waals surface area contributed by atoms with Crippen LogP contribution in [0, 0.1) is 17.8 Å². The SMILES string of the molecule is CCn1ccnc1C(NC)C1CCC(C(C)C)CC1. The Hall–Kier alpha value is -0.830. The number of hydrogen-bond acceptors (Lipinski definition) is 2. The average molecular weight is 263 g/mol. The van der Waals surface area contributed by atoms with Crippen LogP contribution in [-0.4, -0.2) is 16.6 Å². The van der Waals surface area contributed by atoms with E-state index < -0.39 is 0 Å². The van der Waals surface area contributed by atoms with Crippen LogP contribution in [-0.2, 0) is 6.54 Å². The first-order valence-corrected chi connectivity index (χ1v) is 7.85. The molecule has 0 radical (unpaired) electrons. The highest BCUT2D eigenvalue weighted by molar-refractivity contribution is 5.02. The number of imidazole rings is 1. The van der Waals surface area contributed by atoms with Gasteiger partial charge in [-0.05, 0) is 57.4 Å². The molecule has 19 heavy (non-hydrogen) atoms. The van der Waals surface area contributed by atoms with Gasteiger partial charge >= 0.3 is 0 Å². The third kappa shape index (κ3) is 3.19. The Morgan fingerprint density at radius 3 is 2.42 bits per heavy atom. The van der Waals surface area contributed by atoms with Crippen molar-refractivity contribution in [2.24, 2.45) is 17.8 Å². The molecule has 1 aromatic heterocycles. The summed E-state index contributed by atoms with van der Waals surface area (Å²) in [4.78, 5) is 4.59. The number of nitrogens with one attached hydrogen (secondary N) is 1. The van der Waals surface area contributed by atoms with E-state index >= 15 is 0 Å². The van der Waals surface area contributed by atoms with E-state index in [-0.39, 0.29) is 0 Å². The fraction of sp³-hybridized carbons (Fsp3) is 0.812. The molecule has 0 aliphatic heterocycles. The molecule has 3 heteroatoms. The van der Waals surface area contributed by atoms with Crippen LogP contribution in [0.5, 0.6) is 0 Å². The van der Waals surface area contributed by atoms with Gasteiger partial charge in [-0.15, -0.1) is 0 Å². The second kappa shape index (κ2) is 6.56. The van der Waals surface area contributed by atoms with Crippen molar-refractivity contribution in [3.05, 3.63) is 18.2 Å². The summed E-state index contributed by atoms with van der Waals surface area (Å²) in [5.41, 5.74) is 0. The Morgan fingerprint density at radius 1 is 1.26 bits per heavy atom. The maximum atomic E-state index is 4.59. The Kier molecular flexibility index (Phi) is 5.03. The molecule has 108 valence electrons. The number of hydrogen-bond donors (Lipinski definition) is 1. The monoisotopic (exact) mass is 263 g/mol. The maximum absolute atomic E-state index is 4.59. The molecule has 3 nitrogen and oxygen atoms in total. The molecule has 0 bridgehead atoms. The molecule has 1 N–H and O–H groups in total. The molecule has 1 fully saturated rings. The normalized spacial score (nSPS) is 25.7. The van der Waals surface area contributed by atoms with Crippen molar-refractivity contribution in [1.29, 1.82) is 0 Å². The zero-order chi connectivity index (χ0) is 13.8. The molecule has 0 saturated heterocycles. The van der Waals surface area contributed by atoms with Crippen molar-refractivity contribution >= 4 is 0 Å². The first-order valence-electron chi connectivity index (χ1n) is 7.85. The summed E-state index contributed by atoms with van der Waals surface area (Å²) in [6, 6.07) is 0.420. The van der Waals surface area contributed by atoms with Crippen LogP contribution in [0.15, 0.2) is 12.4 Å². The summed E-state index contributed by atoms with van der Waals surface area (Å²) in [5, 5.41) is 3.51. The quantitative estimate of drug-likeness (QED) is 0.879. The first kappa shape index (κ1) is 14.6. The highest BCUT2D eigenvalue weighted by Gasteiger charge is 2.30. The Balaban J connectivity index is 2.04. The van der Waals surface area contributed by atoms with E-state index in [9.17, 15) is 0 Å². The molecule has 0 amide bonds. The molecular formula is C16H29N3. The Morgan fingerprint density at radius 2 is 1.89 bits per heavy atom. The second-order valence-electron chi connectivity index (χ2n) is 6.26. The van der Waals surface area contributed by atoms with Gasteiger partial charge in [0.15, 0.2) is 0 Å². The highest BCUT2D eigenvalue weighted by atomic mass is 15.1. The predicted octanol–water partition coefficient (Wildman–Crippen LogP) is 3.63. The van der Waals surface area contributed by atoms with Crippen molar-refractivity contribution in [3.8, 4) is 0 Å². The number of rotatable bonds is 5. The standard InChI is InChI=1S/C16H29N3/c1-5-19-11-10-18-16(19)15(17-4)14-8-6-13(7-9-14)12(2)3/h10-15,17H,5-9H2,1-4H3. The van der Waals surface area contributed by atoms with Crippen LogP contribution in [0.3, 0.4) is 0 Å². The van der Waals surface area contributed by atoms with E-state index in [1.807, 2.05) is 6.20 Å². The fourth-order valence-corrected chi connectivity index (χ4v) is 3.59. The van der Waals surface area contributed by atoms with Crippen LogP contribution in [0.4, 0.5) is 0 Å². The van der Waals surface area contributed by atoms with Crippen LogP contribution < -0.4 is 5.32 Å². The van der Waals surface area contributed by atoms with Gasteiger partial charge < -0.3 is 9.88 Å². The molecule has 0 aromatic carbocycles. The van der Waals surface area contributed by atoms with Gasteiger partial charge in [0.25, 0.3) is 0 Å². The topological polar surface area (TPSA) is 29.9 Å². The lowest BCUT2D eigenvalue weighted by atomic mass is 9.74. The molecular weight excluding hydrogens is 234 g/mol. The van der Waals surface area contributed by atoms with Crippen LogP contribution in [0.25, 0.3) is 0 Å². The molecule has 1 aliphatic rings. The third-order valence-electron chi connectivity index (χ3n) is 4.91. The lowest BCUT2D eigenvalue weighted by Crippen LogP contribution is -2.31. The molecule has 1 heterocycles. The minimum atomic E-state index is 0.420. The second-order valence-corrected chi connectivity index (χ2v) is 6.26. The summed E-state index contributed by atoms with van der Waals surface area (Å²) >= 11 is 0. The van der Waals surface area contributed by atoms with E-state index in [1.54, 1.807) is 0 Å². The van der Waals surface area contributed by atoms with Crippen molar-refractivity contribution in [3.63, 3.8) is 0 Å². The zero-order valence-corrected chi connectivity index (χ0v) is 12.9. The van der Waals surface area contributed by atoms with E-state index in [0.29, 0.717) is 6.04 Å². The summed E-state index contributed by atoms with van der Waals surface area (Å²) < 4.78 is 2.27. The van der Waals surface area contributed by atoms with Gasteiger partial charge in [-0.25, -0.2) is 4.98 Å². The molecule has 1 unspecified atom stereocenters. The molecule has 1 atom stereocenters. The summed E-state index contributed by atoms with van der Waals surface area (Å²) in [7, 11) is 2.08.